The molecule has 2 nitrogen and oxygen atoms in total. The van der Waals surface area contributed by atoms with Crippen LogP contribution in [0.5, 0.6) is 0 Å². The zero-order valence-electron chi connectivity index (χ0n) is 10.8. The van der Waals surface area contributed by atoms with Crippen molar-refractivity contribution >= 4 is 35.0 Å². The van der Waals surface area contributed by atoms with Crippen LogP contribution in [0.25, 0.3) is 0 Å². The lowest BCUT2D eigenvalue weighted by Gasteiger charge is -2.11. The fourth-order valence-corrected chi connectivity index (χ4v) is 3.69. The maximum atomic E-state index is 12.4. The number of halogens is 1. The van der Waals surface area contributed by atoms with Crippen molar-refractivity contribution in [1.29, 1.82) is 0 Å². The summed E-state index contributed by atoms with van der Waals surface area (Å²) in [4.78, 5) is 13.6. The van der Waals surface area contributed by atoms with Gasteiger partial charge < -0.3 is 5.32 Å². The number of rotatable bonds is 3. The van der Waals surface area contributed by atoms with Gasteiger partial charge in [0.2, 0.25) is 5.91 Å². The van der Waals surface area contributed by atoms with Gasteiger partial charge in [0, 0.05) is 22.2 Å². The van der Waals surface area contributed by atoms with Crippen LogP contribution in [0.2, 0.25) is 0 Å². The summed E-state index contributed by atoms with van der Waals surface area (Å²) < 4.78 is 0. The molecule has 3 rings (SSSR count). The number of hydrogen-bond donors (Lipinski definition) is 1. The Balaban J connectivity index is 1.74. The molecule has 2 aromatic rings. The van der Waals surface area contributed by atoms with Crippen LogP contribution in [0.3, 0.4) is 0 Å². The van der Waals surface area contributed by atoms with Gasteiger partial charge in [-0.05, 0) is 29.3 Å². The van der Waals surface area contributed by atoms with Crippen molar-refractivity contribution in [3.05, 3.63) is 59.7 Å². The smallest absolute Gasteiger partial charge is 0.232 e. The molecule has 0 saturated carbocycles. The molecule has 1 N–H and O–H groups in total. The molecule has 0 bridgehead atoms. The largest absolute Gasteiger partial charge is 0.326 e. The molecule has 1 aliphatic heterocycles. The summed E-state index contributed by atoms with van der Waals surface area (Å²) in [6.07, 6.45) is 0. The molecule has 1 heterocycles. The van der Waals surface area contributed by atoms with Crippen molar-refractivity contribution < 1.29 is 4.79 Å². The van der Waals surface area contributed by atoms with E-state index in [1.54, 1.807) is 11.8 Å². The van der Waals surface area contributed by atoms with Crippen LogP contribution in [0, 0.1) is 0 Å². The summed E-state index contributed by atoms with van der Waals surface area (Å²) in [6.45, 7) is 0. The first-order valence-electron chi connectivity index (χ1n) is 6.45. The summed E-state index contributed by atoms with van der Waals surface area (Å²) in [5, 5.41) is 2.98. The maximum absolute atomic E-state index is 12.4. The molecule has 0 spiro atoms. The van der Waals surface area contributed by atoms with E-state index < -0.39 is 0 Å². The highest BCUT2D eigenvalue weighted by atomic mass is 35.5. The second-order valence-electron chi connectivity index (χ2n) is 4.72. The lowest BCUT2D eigenvalue weighted by molar-refractivity contribution is -0.117. The quantitative estimate of drug-likeness (QED) is 0.859. The Bertz CT molecular complexity index is 627. The Morgan fingerprint density at radius 3 is 2.70 bits per heavy atom. The monoisotopic (exact) mass is 303 g/mol. The van der Waals surface area contributed by atoms with E-state index in [1.165, 1.54) is 4.90 Å². The number of amides is 1. The predicted octanol–water partition coefficient (Wildman–Crippen LogP) is 4.25. The number of nitrogens with one attached hydrogen (secondary N) is 1. The molecule has 102 valence electrons. The van der Waals surface area contributed by atoms with E-state index in [0.717, 1.165) is 22.6 Å². The van der Waals surface area contributed by atoms with Gasteiger partial charge in [0.1, 0.15) is 0 Å². The van der Waals surface area contributed by atoms with Gasteiger partial charge in [0.25, 0.3) is 0 Å². The summed E-state index contributed by atoms with van der Waals surface area (Å²) in [5.74, 6) is 1.29. The van der Waals surface area contributed by atoms with E-state index in [4.69, 9.17) is 11.6 Å². The van der Waals surface area contributed by atoms with Gasteiger partial charge in [-0.25, -0.2) is 0 Å². The van der Waals surface area contributed by atoms with Crippen molar-refractivity contribution in [2.75, 3.05) is 11.1 Å². The zero-order chi connectivity index (χ0) is 13.9. The molecule has 0 aromatic heterocycles. The minimum Gasteiger partial charge on any atom is -0.326 e. The van der Waals surface area contributed by atoms with Crippen molar-refractivity contribution in [3.63, 3.8) is 0 Å². The minimum absolute atomic E-state index is 0.0565. The van der Waals surface area contributed by atoms with Crippen molar-refractivity contribution in [2.24, 2.45) is 0 Å². The standard InChI is InChI=1S/C16H14ClNOS/c17-9-11-5-7-12(8-6-11)18-16(19)14-10-20-15-4-2-1-3-13(14)15/h1-8,14H,9-10H2,(H,18,19). The molecule has 20 heavy (non-hydrogen) atoms. The van der Waals surface area contributed by atoms with E-state index in [9.17, 15) is 4.79 Å². The average Bonchev–Trinajstić information content (AvgIpc) is 2.92. The third kappa shape index (κ3) is 2.69. The van der Waals surface area contributed by atoms with E-state index in [1.807, 2.05) is 42.5 Å². The third-order valence-corrected chi connectivity index (χ3v) is 4.88. The lowest BCUT2D eigenvalue weighted by atomic mass is 10.0. The lowest BCUT2D eigenvalue weighted by Crippen LogP contribution is -2.20. The zero-order valence-corrected chi connectivity index (χ0v) is 12.4. The Morgan fingerprint density at radius 1 is 1.20 bits per heavy atom. The van der Waals surface area contributed by atoms with Crippen LogP contribution in [-0.4, -0.2) is 11.7 Å². The molecule has 0 saturated heterocycles. The minimum atomic E-state index is -0.0658. The van der Waals surface area contributed by atoms with Gasteiger partial charge in [-0.1, -0.05) is 30.3 Å². The molecular formula is C16H14ClNOS. The van der Waals surface area contributed by atoms with E-state index in [0.29, 0.717) is 5.88 Å². The van der Waals surface area contributed by atoms with Crippen LogP contribution in [-0.2, 0) is 10.7 Å². The number of fused-ring (bicyclic) bond motifs is 1. The molecule has 1 aliphatic rings. The van der Waals surface area contributed by atoms with Gasteiger partial charge in [0.05, 0.1) is 5.92 Å². The average molecular weight is 304 g/mol. The van der Waals surface area contributed by atoms with Crippen LogP contribution < -0.4 is 5.32 Å². The Kier molecular flexibility index (Phi) is 3.99. The van der Waals surface area contributed by atoms with Gasteiger partial charge in [-0.3, -0.25) is 4.79 Å². The summed E-state index contributed by atoms with van der Waals surface area (Å²) in [6, 6.07) is 15.8. The topological polar surface area (TPSA) is 29.1 Å². The summed E-state index contributed by atoms with van der Waals surface area (Å²) >= 11 is 7.50. The van der Waals surface area contributed by atoms with Crippen molar-refractivity contribution in [3.8, 4) is 0 Å². The number of carbonyl (C=O) groups excluding carboxylic acids is 1. The van der Waals surface area contributed by atoms with Gasteiger partial charge in [0.15, 0.2) is 0 Å². The Hall–Kier alpha value is -1.45. The van der Waals surface area contributed by atoms with Crippen LogP contribution in [0.1, 0.15) is 17.0 Å². The maximum Gasteiger partial charge on any atom is 0.232 e. The van der Waals surface area contributed by atoms with E-state index >= 15 is 0 Å². The molecule has 0 fully saturated rings. The first-order chi connectivity index (χ1) is 9.78. The third-order valence-electron chi connectivity index (χ3n) is 3.39. The highest BCUT2D eigenvalue weighted by Crippen LogP contribution is 2.39. The SMILES string of the molecule is O=C(Nc1ccc(CCl)cc1)C1CSc2ccccc21. The predicted molar refractivity (Wildman–Crippen MR) is 84.5 cm³/mol. The molecular weight excluding hydrogens is 290 g/mol. The first-order valence-corrected chi connectivity index (χ1v) is 7.97. The molecule has 1 atom stereocenters. The Morgan fingerprint density at radius 2 is 1.95 bits per heavy atom. The highest BCUT2D eigenvalue weighted by molar-refractivity contribution is 7.99. The van der Waals surface area contributed by atoms with E-state index in [2.05, 4.69) is 11.4 Å². The van der Waals surface area contributed by atoms with Crippen molar-refractivity contribution in [2.45, 2.75) is 16.7 Å². The number of benzene rings is 2. The molecule has 4 heteroatoms. The van der Waals surface area contributed by atoms with Gasteiger partial charge in [-0.2, -0.15) is 0 Å². The van der Waals surface area contributed by atoms with Crippen LogP contribution in [0.15, 0.2) is 53.4 Å². The normalized spacial score (nSPS) is 16.8. The fraction of sp³-hybridized carbons (Fsp3) is 0.188. The molecule has 2 aromatic carbocycles. The fourth-order valence-electron chi connectivity index (χ4n) is 2.29. The molecule has 1 unspecified atom stereocenters. The summed E-state index contributed by atoms with van der Waals surface area (Å²) in [7, 11) is 0. The first kappa shape index (κ1) is 13.5. The molecule has 1 amide bonds. The number of alkyl halides is 1. The number of hydrogen-bond acceptors (Lipinski definition) is 2. The number of anilines is 1. The second kappa shape index (κ2) is 5.90. The molecule has 0 radical (unpaired) electrons. The van der Waals surface area contributed by atoms with Crippen LogP contribution >= 0.6 is 23.4 Å². The number of carbonyl (C=O) groups is 1. The summed E-state index contributed by atoms with van der Waals surface area (Å²) in [5.41, 5.74) is 3.00. The van der Waals surface area contributed by atoms with E-state index in [-0.39, 0.29) is 11.8 Å². The Labute approximate surface area is 127 Å². The van der Waals surface area contributed by atoms with Gasteiger partial charge >= 0.3 is 0 Å². The second-order valence-corrected chi connectivity index (χ2v) is 6.05. The van der Waals surface area contributed by atoms with Gasteiger partial charge in [-0.15, -0.1) is 23.4 Å². The molecule has 0 aliphatic carbocycles. The highest BCUT2D eigenvalue weighted by Gasteiger charge is 2.28. The van der Waals surface area contributed by atoms with Crippen molar-refractivity contribution in [1.82, 2.24) is 0 Å². The van der Waals surface area contributed by atoms with Crippen LogP contribution in [0.4, 0.5) is 5.69 Å². The number of thioether (sulfide) groups is 1.